The lowest BCUT2D eigenvalue weighted by molar-refractivity contribution is 1.17. The molecule has 0 atom stereocenters. The van der Waals surface area contributed by atoms with Gasteiger partial charge in [-0.3, -0.25) is 0 Å². The summed E-state index contributed by atoms with van der Waals surface area (Å²) in [7, 11) is 0. The molecule has 1 heterocycles. The fraction of sp³-hybridized carbons (Fsp3) is 0. The Kier molecular flexibility index (Phi) is 7.82. The van der Waals surface area contributed by atoms with Crippen LogP contribution in [0.4, 0.5) is 34.1 Å². The minimum Gasteiger partial charge on any atom is -0.310 e. The molecular weight excluding hydrogens is 691 g/mol. The molecule has 0 aliphatic carbocycles. The van der Waals surface area contributed by atoms with Crippen molar-refractivity contribution in [1.29, 1.82) is 0 Å². The predicted molar refractivity (Wildman–Crippen MR) is 243 cm³/mol. The minimum atomic E-state index is 1.07. The molecule has 57 heavy (non-hydrogen) atoms. The van der Waals surface area contributed by atoms with Crippen molar-refractivity contribution >= 4 is 88.2 Å². The van der Waals surface area contributed by atoms with Crippen LogP contribution < -0.4 is 9.80 Å². The molecule has 0 unspecified atom stereocenters. The predicted octanol–water partition coefficient (Wildman–Crippen LogP) is 15.2. The maximum Gasteiger partial charge on any atom is 0.0541 e. The first-order valence-electron chi connectivity index (χ1n) is 19.5. The molecule has 11 aromatic rings. The van der Waals surface area contributed by atoms with E-state index >= 15 is 0 Å². The van der Waals surface area contributed by atoms with Crippen molar-refractivity contribution in [1.82, 2.24) is 4.57 Å². The highest BCUT2D eigenvalue weighted by Gasteiger charge is 2.19. The molecule has 268 valence electrons. The molecule has 0 radical (unpaired) electrons. The zero-order valence-corrected chi connectivity index (χ0v) is 31.2. The summed E-state index contributed by atoms with van der Waals surface area (Å²) >= 11 is 0. The van der Waals surface area contributed by atoms with Gasteiger partial charge in [0.2, 0.25) is 0 Å². The fourth-order valence-electron chi connectivity index (χ4n) is 8.73. The Morgan fingerprint density at radius 2 is 0.667 bits per heavy atom. The number of anilines is 6. The number of para-hydroxylation sites is 4. The molecule has 1 aromatic heterocycles. The second-order valence-corrected chi connectivity index (χ2v) is 14.6. The van der Waals surface area contributed by atoms with E-state index in [9.17, 15) is 0 Å². The lowest BCUT2D eigenvalue weighted by atomic mass is 9.96. The van der Waals surface area contributed by atoms with Gasteiger partial charge in [0.15, 0.2) is 0 Å². The average Bonchev–Trinajstić information content (AvgIpc) is 3.62. The van der Waals surface area contributed by atoms with E-state index < -0.39 is 0 Å². The molecule has 0 aliphatic rings. The molecule has 0 spiro atoms. The molecule has 11 rings (SSSR count). The summed E-state index contributed by atoms with van der Waals surface area (Å²) in [5.41, 5.74) is 10.1. The van der Waals surface area contributed by atoms with Crippen molar-refractivity contribution < 1.29 is 0 Å². The molecule has 0 N–H and O–H groups in total. The molecule has 0 amide bonds. The van der Waals surface area contributed by atoms with Gasteiger partial charge in [-0.25, -0.2) is 0 Å². The SMILES string of the molecule is c1ccc(N(c2ccc(-n3c4ccccc4c4ccccc43)cc2)c2cccc(N(c3ccccc3)c3ccc4c(ccc5c6ccccc6ccc45)c3)c2)cc1. The van der Waals surface area contributed by atoms with E-state index in [0.717, 1.165) is 39.8 Å². The number of nitrogens with zero attached hydrogens (tertiary/aromatic N) is 3. The van der Waals surface area contributed by atoms with Crippen molar-refractivity contribution in [3.05, 3.63) is 224 Å². The quantitative estimate of drug-likeness (QED) is 0.151. The minimum absolute atomic E-state index is 1.07. The van der Waals surface area contributed by atoms with Gasteiger partial charge in [-0.1, -0.05) is 133 Å². The summed E-state index contributed by atoms with van der Waals surface area (Å²) in [6.07, 6.45) is 0. The summed E-state index contributed by atoms with van der Waals surface area (Å²) < 4.78 is 2.37. The molecule has 3 heteroatoms. The fourth-order valence-corrected chi connectivity index (χ4v) is 8.73. The van der Waals surface area contributed by atoms with E-state index in [-0.39, 0.29) is 0 Å². The third-order valence-corrected chi connectivity index (χ3v) is 11.3. The molecule has 0 saturated carbocycles. The van der Waals surface area contributed by atoms with Gasteiger partial charge in [0.25, 0.3) is 0 Å². The first-order valence-corrected chi connectivity index (χ1v) is 19.5. The molecule has 10 aromatic carbocycles. The number of benzene rings is 10. The van der Waals surface area contributed by atoms with Crippen LogP contribution in [0.2, 0.25) is 0 Å². The molecule has 3 nitrogen and oxygen atoms in total. The van der Waals surface area contributed by atoms with Crippen LogP contribution in [0.1, 0.15) is 0 Å². The highest BCUT2D eigenvalue weighted by Crippen LogP contribution is 2.42. The van der Waals surface area contributed by atoms with Gasteiger partial charge >= 0.3 is 0 Å². The van der Waals surface area contributed by atoms with Gasteiger partial charge in [0.1, 0.15) is 0 Å². The smallest absolute Gasteiger partial charge is 0.0541 e. The average molecular weight is 728 g/mol. The van der Waals surface area contributed by atoms with Crippen LogP contribution >= 0.6 is 0 Å². The summed E-state index contributed by atoms with van der Waals surface area (Å²) in [5.74, 6) is 0. The lowest BCUT2D eigenvalue weighted by Crippen LogP contribution is -2.13. The number of hydrogen-bond donors (Lipinski definition) is 0. The second-order valence-electron chi connectivity index (χ2n) is 14.6. The van der Waals surface area contributed by atoms with Crippen molar-refractivity contribution in [2.24, 2.45) is 0 Å². The Labute approximate surface area is 331 Å². The monoisotopic (exact) mass is 727 g/mol. The molecule has 0 aliphatic heterocycles. The number of rotatable bonds is 7. The standard InChI is InChI=1S/C54H37N3/c1-3-15-40(16-4-1)55(42-28-30-43(31-29-42)57-53-24-11-9-22-51(53)52-23-10-12-25-54(52)57)44-19-13-20-45(37-44)56(41-17-5-2-6-18-41)46-32-35-48-39(36-46)27-34-49-47-21-8-7-14-38(47)26-33-50(48)49/h1-37H. The highest BCUT2D eigenvalue weighted by atomic mass is 15.2. The summed E-state index contributed by atoms with van der Waals surface area (Å²) in [5, 5.41) is 10.1. The third kappa shape index (κ3) is 5.60. The second kappa shape index (κ2) is 13.6. The summed E-state index contributed by atoms with van der Waals surface area (Å²) in [4.78, 5) is 4.71. The molecule has 0 saturated heterocycles. The van der Waals surface area contributed by atoms with E-state index in [1.165, 1.54) is 54.1 Å². The van der Waals surface area contributed by atoms with Crippen LogP contribution in [0.3, 0.4) is 0 Å². The van der Waals surface area contributed by atoms with Crippen LogP contribution in [-0.4, -0.2) is 4.57 Å². The van der Waals surface area contributed by atoms with E-state index in [2.05, 4.69) is 239 Å². The van der Waals surface area contributed by atoms with Crippen LogP contribution in [0.15, 0.2) is 224 Å². The Hall–Kier alpha value is -7.62. The van der Waals surface area contributed by atoms with E-state index in [1.807, 2.05) is 0 Å². The van der Waals surface area contributed by atoms with Crippen molar-refractivity contribution in [2.45, 2.75) is 0 Å². The summed E-state index contributed by atoms with van der Waals surface area (Å²) in [6.45, 7) is 0. The van der Waals surface area contributed by atoms with Gasteiger partial charge in [0, 0.05) is 50.6 Å². The van der Waals surface area contributed by atoms with Crippen molar-refractivity contribution in [3.63, 3.8) is 0 Å². The van der Waals surface area contributed by atoms with E-state index in [0.29, 0.717) is 0 Å². The maximum atomic E-state index is 2.37. The van der Waals surface area contributed by atoms with Crippen LogP contribution in [0.5, 0.6) is 0 Å². The zero-order chi connectivity index (χ0) is 37.7. The van der Waals surface area contributed by atoms with Crippen molar-refractivity contribution in [2.75, 3.05) is 9.80 Å². The molecular formula is C54H37N3. The third-order valence-electron chi connectivity index (χ3n) is 11.3. The Morgan fingerprint density at radius 1 is 0.246 bits per heavy atom. The summed E-state index contributed by atoms with van der Waals surface area (Å²) in [6, 6.07) is 81.1. The highest BCUT2D eigenvalue weighted by molar-refractivity contribution is 6.17. The number of hydrogen-bond acceptors (Lipinski definition) is 2. The Bertz CT molecular complexity index is 3190. The zero-order valence-electron chi connectivity index (χ0n) is 31.2. The maximum absolute atomic E-state index is 2.37. The van der Waals surface area contributed by atoms with Crippen LogP contribution in [0, 0.1) is 0 Å². The largest absolute Gasteiger partial charge is 0.310 e. The normalized spacial score (nSPS) is 11.5. The molecule has 0 fully saturated rings. The first-order chi connectivity index (χ1) is 28.3. The van der Waals surface area contributed by atoms with Gasteiger partial charge in [-0.15, -0.1) is 0 Å². The van der Waals surface area contributed by atoms with Gasteiger partial charge in [-0.05, 0) is 123 Å². The number of aromatic nitrogens is 1. The van der Waals surface area contributed by atoms with Crippen LogP contribution in [-0.2, 0) is 0 Å². The van der Waals surface area contributed by atoms with Crippen LogP contribution in [0.25, 0.3) is 59.8 Å². The van der Waals surface area contributed by atoms with E-state index in [4.69, 9.17) is 0 Å². The number of fused-ring (bicyclic) bond motifs is 8. The topological polar surface area (TPSA) is 11.4 Å². The molecule has 0 bridgehead atoms. The van der Waals surface area contributed by atoms with Gasteiger partial charge in [-0.2, -0.15) is 0 Å². The lowest BCUT2D eigenvalue weighted by Gasteiger charge is -2.29. The van der Waals surface area contributed by atoms with Gasteiger partial charge in [0.05, 0.1) is 11.0 Å². The Morgan fingerprint density at radius 3 is 1.30 bits per heavy atom. The van der Waals surface area contributed by atoms with Gasteiger partial charge < -0.3 is 14.4 Å². The first kappa shape index (κ1) is 32.8. The van der Waals surface area contributed by atoms with Crippen molar-refractivity contribution in [3.8, 4) is 5.69 Å². The Balaban J connectivity index is 1.03. The van der Waals surface area contributed by atoms with E-state index in [1.54, 1.807) is 0 Å².